The minimum atomic E-state index is -1.82. The van der Waals surface area contributed by atoms with E-state index in [1.807, 2.05) is 18.2 Å². The predicted octanol–water partition coefficient (Wildman–Crippen LogP) is 1.96. The van der Waals surface area contributed by atoms with Crippen LogP contribution in [0.2, 0.25) is 10.0 Å². The van der Waals surface area contributed by atoms with Gasteiger partial charge in [-0.15, -0.1) is 0 Å². The topological polar surface area (TPSA) is 99.1 Å². The summed E-state index contributed by atoms with van der Waals surface area (Å²) in [4.78, 5) is 20.6. The van der Waals surface area contributed by atoms with Gasteiger partial charge in [-0.2, -0.15) is 0 Å². The van der Waals surface area contributed by atoms with E-state index in [4.69, 9.17) is 47.7 Å². The van der Waals surface area contributed by atoms with E-state index in [0.717, 1.165) is 57.9 Å². The van der Waals surface area contributed by atoms with Crippen molar-refractivity contribution < 1.29 is 24.5 Å². The molecule has 1 aromatic carbocycles. The number of hydrogen-bond donors (Lipinski definition) is 3. The molecule has 0 atom stereocenters. The number of aliphatic carboxylic acids is 2. The average molecular weight is 393 g/mol. The van der Waals surface area contributed by atoms with E-state index in [1.54, 1.807) is 0 Å². The molecule has 0 aromatic heterocycles. The van der Waals surface area contributed by atoms with Crippen LogP contribution in [0.15, 0.2) is 18.2 Å². The summed E-state index contributed by atoms with van der Waals surface area (Å²) in [6, 6.07) is 5.74. The van der Waals surface area contributed by atoms with Crippen LogP contribution in [0.5, 0.6) is 0 Å². The molecule has 1 fully saturated rings. The molecule has 0 unspecified atom stereocenters. The number of carbonyl (C=O) groups is 2. The van der Waals surface area contributed by atoms with E-state index in [0.29, 0.717) is 10.0 Å². The molecule has 0 bridgehead atoms. The number of benzene rings is 1. The van der Waals surface area contributed by atoms with Crippen LogP contribution in [-0.2, 0) is 20.9 Å². The van der Waals surface area contributed by atoms with Crippen molar-refractivity contribution >= 4 is 35.1 Å². The summed E-state index contributed by atoms with van der Waals surface area (Å²) in [5.74, 6) is -3.65. The quantitative estimate of drug-likeness (QED) is 0.502. The van der Waals surface area contributed by atoms with Crippen molar-refractivity contribution in [3.05, 3.63) is 33.8 Å². The largest absolute Gasteiger partial charge is 0.473 e. The van der Waals surface area contributed by atoms with Gasteiger partial charge in [0, 0.05) is 19.6 Å². The maximum atomic E-state index is 9.10. The van der Waals surface area contributed by atoms with Crippen LogP contribution in [0, 0.1) is 0 Å². The molecule has 1 aliphatic heterocycles. The van der Waals surface area contributed by atoms with Crippen LogP contribution in [0.4, 0.5) is 0 Å². The smallest absolute Gasteiger partial charge is 0.414 e. The number of morpholine rings is 1. The first-order valence-electron chi connectivity index (χ1n) is 7.81. The first kappa shape index (κ1) is 21.7. The fraction of sp³-hybridized carbons (Fsp3) is 0.500. The van der Waals surface area contributed by atoms with Crippen molar-refractivity contribution in [1.82, 2.24) is 10.2 Å². The third-order valence-corrected chi connectivity index (χ3v) is 4.32. The number of rotatable bonds is 6. The molecular weight excluding hydrogens is 371 g/mol. The summed E-state index contributed by atoms with van der Waals surface area (Å²) in [5.41, 5.74) is 1.06. The second-order valence-electron chi connectivity index (χ2n) is 5.31. The monoisotopic (exact) mass is 392 g/mol. The van der Waals surface area contributed by atoms with Crippen molar-refractivity contribution in [3.8, 4) is 0 Å². The molecule has 1 saturated heterocycles. The predicted molar refractivity (Wildman–Crippen MR) is 95.3 cm³/mol. The van der Waals surface area contributed by atoms with Crippen LogP contribution in [0.25, 0.3) is 0 Å². The van der Waals surface area contributed by atoms with Gasteiger partial charge in [-0.25, -0.2) is 9.59 Å². The molecule has 0 spiro atoms. The Bertz CT molecular complexity index is 553. The molecule has 1 heterocycles. The van der Waals surface area contributed by atoms with Crippen LogP contribution in [0.3, 0.4) is 0 Å². The van der Waals surface area contributed by atoms with Crippen LogP contribution >= 0.6 is 23.2 Å². The summed E-state index contributed by atoms with van der Waals surface area (Å²) in [6.07, 6.45) is 1.14. The Labute approximate surface area is 156 Å². The summed E-state index contributed by atoms with van der Waals surface area (Å²) < 4.78 is 5.32. The molecule has 140 valence electrons. The van der Waals surface area contributed by atoms with E-state index >= 15 is 0 Å². The van der Waals surface area contributed by atoms with Gasteiger partial charge < -0.3 is 20.3 Å². The van der Waals surface area contributed by atoms with Crippen LogP contribution < -0.4 is 5.32 Å². The number of halogens is 2. The lowest BCUT2D eigenvalue weighted by atomic mass is 10.2. The second kappa shape index (κ2) is 12.1. The Morgan fingerprint density at radius 2 is 1.80 bits per heavy atom. The Morgan fingerprint density at radius 1 is 1.16 bits per heavy atom. The summed E-state index contributed by atoms with van der Waals surface area (Å²) in [7, 11) is 0. The highest BCUT2D eigenvalue weighted by Crippen LogP contribution is 2.25. The van der Waals surface area contributed by atoms with Gasteiger partial charge in [0.1, 0.15) is 0 Å². The third kappa shape index (κ3) is 9.04. The Hall–Kier alpha value is -1.38. The zero-order valence-corrected chi connectivity index (χ0v) is 15.2. The van der Waals surface area contributed by atoms with Crippen molar-refractivity contribution in [2.45, 2.75) is 13.0 Å². The molecule has 3 N–H and O–H groups in total. The van der Waals surface area contributed by atoms with Gasteiger partial charge in [-0.05, 0) is 31.1 Å². The molecular formula is C16H22Cl2N2O5. The fourth-order valence-corrected chi connectivity index (χ4v) is 2.55. The highest BCUT2D eigenvalue weighted by Gasteiger charge is 2.09. The van der Waals surface area contributed by atoms with E-state index in [-0.39, 0.29) is 0 Å². The van der Waals surface area contributed by atoms with Crippen molar-refractivity contribution in [2.75, 3.05) is 39.4 Å². The van der Waals surface area contributed by atoms with Crippen molar-refractivity contribution in [1.29, 1.82) is 0 Å². The molecule has 2 rings (SSSR count). The summed E-state index contributed by atoms with van der Waals surface area (Å²) >= 11 is 12.1. The Balaban J connectivity index is 0.000000450. The maximum absolute atomic E-state index is 9.10. The maximum Gasteiger partial charge on any atom is 0.414 e. The lowest BCUT2D eigenvalue weighted by Gasteiger charge is -2.26. The highest BCUT2D eigenvalue weighted by molar-refractivity contribution is 6.42. The second-order valence-corrected chi connectivity index (χ2v) is 6.09. The number of ether oxygens (including phenoxy) is 1. The average Bonchev–Trinajstić information content (AvgIpc) is 2.59. The molecule has 7 nitrogen and oxygen atoms in total. The first-order chi connectivity index (χ1) is 11.9. The van der Waals surface area contributed by atoms with Gasteiger partial charge in [0.15, 0.2) is 0 Å². The number of carboxylic acids is 2. The standard InChI is InChI=1S/C14H20Cl2N2O.C2H2O4/c15-13-4-1-3-12(14(13)16)11-17-5-2-6-18-7-9-19-10-8-18;3-1(4)2(5)6/h1,3-4,17H,2,5-11H2;(H,3,4)(H,5,6). The molecule has 1 aliphatic rings. The van der Waals surface area contributed by atoms with Crippen LogP contribution in [0.1, 0.15) is 12.0 Å². The number of nitrogens with one attached hydrogen (secondary N) is 1. The third-order valence-electron chi connectivity index (χ3n) is 3.46. The van der Waals surface area contributed by atoms with E-state index in [2.05, 4.69) is 10.2 Å². The summed E-state index contributed by atoms with van der Waals surface area (Å²) in [5, 5.41) is 19.5. The minimum absolute atomic E-state index is 0.620. The van der Waals surface area contributed by atoms with E-state index in [9.17, 15) is 0 Å². The van der Waals surface area contributed by atoms with Gasteiger partial charge in [0.05, 0.1) is 23.3 Å². The van der Waals surface area contributed by atoms with Crippen molar-refractivity contribution in [3.63, 3.8) is 0 Å². The van der Waals surface area contributed by atoms with E-state index in [1.165, 1.54) is 0 Å². The SMILES string of the molecule is Clc1cccc(CNCCCN2CCOCC2)c1Cl.O=C(O)C(=O)O. The van der Waals surface area contributed by atoms with Gasteiger partial charge in [0.2, 0.25) is 0 Å². The molecule has 0 aliphatic carbocycles. The van der Waals surface area contributed by atoms with Gasteiger partial charge >= 0.3 is 11.9 Å². The van der Waals surface area contributed by atoms with Gasteiger partial charge in [-0.1, -0.05) is 35.3 Å². The first-order valence-corrected chi connectivity index (χ1v) is 8.57. The summed E-state index contributed by atoms with van der Waals surface area (Å²) in [6.45, 7) is 6.72. The molecule has 9 heteroatoms. The Kier molecular flexibility index (Phi) is 10.4. The number of carboxylic acid groups (broad SMARTS) is 2. The lowest BCUT2D eigenvalue weighted by Crippen LogP contribution is -2.37. The van der Waals surface area contributed by atoms with Gasteiger partial charge in [0.25, 0.3) is 0 Å². The highest BCUT2D eigenvalue weighted by atomic mass is 35.5. The zero-order chi connectivity index (χ0) is 18.7. The number of nitrogens with zero attached hydrogens (tertiary/aromatic N) is 1. The van der Waals surface area contributed by atoms with Crippen molar-refractivity contribution in [2.24, 2.45) is 0 Å². The molecule has 0 radical (unpaired) electrons. The molecule has 0 saturated carbocycles. The van der Waals surface area contributed by atoms with Crippen LogP contribution in [-0.4, -0.2) is 66.4 Å². The number of hydrogen-bond acceptors (Lipinski definition) is 5. The van der Waals surface area contributed by atoms with E-state index < -0.39 is 11.9 Å². The Morgan fingerprint density at radius 3 is 2.40 bits per heavy atom. The van der Waals surface area contributed by atoms with Gasteiger partial charge in [-0.3, -0.25) is 4.90 Å². The lowest BCUT2D eigenvalue weighted by molar-refractivity contribution is -0.159. The zero-order valence-electron chi connectivity index (χ0n) is 13.7. The molecule has 25 heavy (non-hydrogen) atoms. The molecule has 1 aromatic rings. The minimum Gasteiger partial charge on any atom is -0.473 e. The fourth-order valence-electron chi connectivity index (χ4n) is 2.16. The molecule has 0 amide bonds. The normalized spacial score (nSPS) is 14.5.